The Morgan fingerprint density at radius 3 is 2.53 bits per heavy atom. The summed E-state index contributed by atoms with van der Waals surface area (Å²) in [6, 6.07) is 1.78. The fourth-order valence-electron chi connectivity index (χ4n) is 1.38. The van der Waals surface area contributed by atoms with Crippen molar-refractivity contribution in [3.8, 4) is 0 Å². The van der Waals surface area contributed by atoms with Gasteiger partial charge in [0, 0.05) is 18.5 Å². The Balaban J connectivity index is 2.43. The lowest BCUT2D eigenvalue weighted by Crippen LogP contribution is -2.42. The summed E-state index contributed by atoms with van der Waals surface area (Å²) in [6.07, 6.45) is 0. The maximum atomic E-state index is 11.8. The number of amides is 2. The molecule has 106 valence electrons. The summed E-state index contributed by atoms with van der Waals surface area (Å²) >= 11 is 0. The predicted molar refractivity (Wildman–Crippen MR) is 70.2 cm³/mol. The number of carbonyl (C=O) groups excluding carboxylic acids is 2. The summed E-state index contributed by atoms with van der Waals surface area (Å²) in [4.78, 5) is 25.0. The Labute approximate surface area is 113 Å². The largest absolute Gasteiger partial charge is 0.361 e. The van der Waals surface area contributed by atoms with Gasteiger partial charge in [0.15, 0.2) is 0 Å². The monoisotopic (exact) mass is 267 g/mol. The van der Waals surface area contributed by atoms with Crippen molar-refractivity contribution >= 4 is 11.8 Å². The van der Waals surface area contributed by atoms with Gasteiger partial charge < -0.3 is 14.7 Å². The molecular formula is C13H21N3O3. The zero-order valence-corrected chi connectivity index (χ0v) is 12.1. The molecule has 6 nitrogen and oxygen atoms in total. The van der Waals surface area contributed by atoms with E-state index in [9.17, 15) is 9.59 Å². The van der Waals surface area contributed by atoms with Crippen molar-refractivity contribution < 1.29 is 14.1 Å². The van der Waals surface area contributed by atoms with E-state index in [-0.39, 0.29) is 18.4 Å². The standard InChI is InChI=1S/C13H21N3O3/c1-9-6-10(15-19-9)8-16(5)11(17)7-14-12(18)13(2,3)4/h6H,7-8H2,1-5H3,(H,14,18). The molecule has 2 amide bonds. The minimum atomic E-state index is -0.498. The van der Waals surface area contributed by atoms with Crippen LogP contribution in [0.15, 0.2) is 10.6 Å². The van der Waals surface area contributed by atoms with Crippen molar-refractivity contribution in [2.75, 3.05) is 13.6 Å². The number of rotatable bonds is 4. The van der Waals surface area contributed by atoms with Gasteiger partial charge >= 0.3 is 0 Å². The molecule has 0 aliphatic carbocycles. The topological polar surface area (TPSA) is 75.4 Å². The van der Waals surface area contributed by atoms with Crippen LogP contribution in [0.25, 0.3) is 0 Å². The predicted octanol–water partition coefficient (Wildman–Crippen LogP) is 1.10. The number of aryl methyl sites for hydroxylation is 1. The highest BCUT2D eigenvalue weighted by Crippen LogP contribution is 2.12. The van der Waals surface area contributed by atoms with Crippen molar-refractivity contribution in [2.24, 2.45) is 5.41 Å². The summed E-state index contributed by atoms with van der Waals surface area (Å²) in [5, 5.41) is 6.44. The second-order valence-corrected chi connectivity index (χ2v) is 5.61. The van der Waals surface area contributed by atoms with E-state index in [0.29, 0.717) is 18.0 Å². The number of likely N-dealkylation sites (N-methyl/N-ethyl adjacent to an activating group) is 1. The molecule has 1 N–H and O–H groups in total. The van der Waals surface area contributed by atoms with Gasteiger partial charge in [0.05, 0.1) is 13.1 Å². The Morgan fingerprint density at radius 2 is 2.05 bits per heavy atom. The Morgan fingerprint density at radius 1 is 1.42 bits per heavy atom. The van der Waals surface area contributed by atoms with Crippen LogP contribution in [-0.4, -0.2) is 35.5 Å². The van der Waals surface area contributed by atoms with Crippen molar-refractivity contribution in [3.63, 3.8) is 0 Å². The molecule has 0 aliphatic rings. The van der Waals surface area contributed by atoms with Gasteiger partial charge in [-0.25, -0.2) is 0 Å². The lowest BCUT2D eigenvalue weighted by molar-refractivity contribution is -0.134. The molecule has 0 bridgehead atoms. The van der Waals surface area contributed by atoms with E-state index in [1.54, 1.807) is 40.8 Å². The van der Waals surface area contributed by atoms with Crippen LogP contribution in [0.2, 0.25) is 0 Å². The van der Waals surface area contributed by atoms with Crippen LogP contribution in [0.3, 0.4) is 0 Å². The van der Waals surface area contributed by atoms with E-state index in [4.69, 9.17) is 4.52 Å². The van der Waals surface area contributed by atoms with Crippen LogP contribution < -0.4 is 5.32 Å². The number of carbonyl (C=O) groups is 2. The minimum Gasteiger partial charge on any atom is -0.361 e. The van der Waals surface area contributed by atoms with Crippen molar-refractivity contribution in [2.45, 2.75) is 34.2 Å². The second kappa shape index (κ2) is 5.86. The molecule has 0 saturated carbocycles. The van der Waals surface area contributed by atoms with E-state index in [0.717, 1.165) is 0 Å². The SMILES string of the molecule is Cc1cc(CN(C)C(=O)CNC(=O)C(C)(C)C)no1. The molecule has 19 heavy (non-hydrogen) atoms. The second-order valence-electron chi connectivity index (χ2n) is 5.61. The van der Waals surface area contributed by atoms with Crippen LogP contribution in [0.1, 0.15) is 32.2 Å². The fraction of sp³-hybridized carbons (Fsp3) is 0.615. The van der Waals surface area contributed by atoms with Gasteiger partial charge in [0.2, 0.25) is 11.8 Å². The van der Waals surface area contributed by atoms with Crippen molar-refractivity contribution in [1.29, 1.82) is 0 Å². The molecule has 1 heterocycles. The Kier molecular flexibility index (Phi) is 4.69. The maximum Gasteiger partial charge on any atom is 0.242 e. The van der Waals surface area contributed by atoms with E-state index < -0.39 is 5.41 Å². The van der Waals surface area contributed by atoms with Gasteiger partial charge in [-0.1, -0.05) is 25.9 Å². The fourth-order valence-corrected chi connectivity index (χ4v) is 1.38. The molecule has 0 aliphatic heterocycles. The normalized spacial score (nSPS) is 11.2. The molecule has 1 rings (SSSR count). The zero-order valence-electron chi connectivity index (χ0n) is 12.1. The highest BCUT2D eigenvalue weighted by atomic mass is 16.5. The number of hydrogen-bond acceptors (Lipinski definition) is 4. The first kappa shape index (κ1) is 15.2. The molecule has 0 atom stereocenters. The first-order valence-electron chi connectivity index (χ1n) is 6.14. The first-order valence-corrected chi connectivity index (χ1v) is 6.14. The molecule has 0 aromatic carbocycles. The van der Waals surface area contributed by atoms with E-state index in [1.807, 2.05) is 0 Å². The first-order chi connectivity index (χ1) is 8.70. The van der Waals surface area contributed by atoms with Crippen LogP contribution in [0.4, 0.5) is 0 Å². The maximum absolute atomic E-state index is 11.8. The lowest BCUT2D eigenvalue weighted by atomic mass is 9.96. The highest BCUT2D eigenvalue weighted by molar-refractivity contribution is 5.87. The molecule has 0 unspecified atom stereocenters. The van der Waals surface area contributed by atoms with Gasteiger partial charge in [-0.15, -0.1) is 0 Å². The molecule has 0 radical (unpaired) electrons. The van der Waals surface area contributed by atoms with Gasteiger partial charge in [0.25, 0.3) is 0 Å². The van der Waals surface area contributed by atoms with Crippen molar-refractivity contribution in [3.05, 3.63) is 17.5 Å². The molecule has 1 aromatic heterocycles. The highest BCUT2D eigenvalue weighted by Gasteiger charge is 2.22. The number of aromatic nitrogens is 1. The smallest absolute Gasteiger partial charge is 0.242 e. The summed E-state index contributed by atoms with van der Waals surface area (Å²) in [5.41, 5.74) is 0.192. The third-order valence-corrected chi connectivity index (χ3v) is 2.58. The van der Waals surface area contributed by atoms with Crippen LogP contribution in [-0.2, 0) is 16.1 Å². The number of nitrogens with one attached hydrogen (secondary N) is 1. The van der Waals surface area contributed by atoms with Crippen LogP contribution >= 0.6 is 0 Å². The summed E-state index contributed by atoms with van der Waals surface area (Å²) in [6.45, 7) is 7.55. The molecule has 0 saturated heterocycles. The quantitative estimate of drug-likeness (QED) is 0.886. The summed E-state index contributed by atoms with van der Waals surface area (Å²) in [7, 11) is 1.66. The average Bonchev–Trinajstić information content (AvgIpc) is 2.69. The van der Waals surface area contributed by atoms with E-state index >= 15 is 0 Å². The lowest BCUT2D eigenvalue weighted by Gasteiger charge is -2.20. The van der Waals surface area contributed by atoms with E-state index in [2.05, 4.69) is 10.5 Å². The molecule has 6 heteroatoms. The average molecular weight is 267 g/mol. The summed E-state index contributed by atoms with van der Waals surface area (Å²) in [5.74, 6) is 0.390. The van der Waals surface area contributed by atoms with Crippen LogP contribution in [0, 0.1) is 12.3 Å². The number of nitrogens with zero attached hydrogens (tertiary/aromatic N) is 2. The van der Waals surface area contributed by atoms with Gasteiger partial charge in [-0.2, -0.15) is 0 Å². The molecule has 1 aromatic rings. The minimum absolute atomic E-state index is 0.0105. The van der Waals surface area contributed by atoms with Gasteiger partial charge in [-0.3, -0.25) is 9.59 Å². The molecular weight excluding hydrogens is 246 g/mol. The Bertz CT molecular complexity index is 460. The van der Waals surface area contributed by atoms with E-state index in [1.165, 1.54) is 4.90 Å². The third-order valence-electron chi connectivity index (χ3n) is 2.58. The molecule has 0 spiro atoms. The summed E-state index contributed by atoms with van der Waals surface area (Å²) < 4.78 is 4.93. The third kappa shape index (κ3) is 4.73. The van der Waals surface area contributed by atoms with Crippen molar-refractivity contribution in [1.82, 2.24) is 15.4 Å². The number of hydrogen-bond donors (Lipinski definition) is 1. The van der Waals surface area contributed by atoms with Crippen LogP contribution in [0.5, 0.6) is 0 Å². The molecule has 0 fully saturated rings. The Hall–Kier alpha value is -1.85. The van der Waals surface area contributed by atoms with Gasteiger partial charge in [0.1, 0.15) is 11.5 Å². The zero-order chi connectivity index (χ0) is 14.6. The van der Waals surface area contributed by atoms with Gasteiger partial charge in [-0.05, 0) is 6.92 Å².